The van der Waals surface area contributed by atoms with Gasteiger partial charge in [-0.25, -0.2) is 0 Å². The van der Waals surface area contributed by atoms with Crippen molar-refractivity contribution in [2.75, 3.05) is 13.2 Å². The maximum absolute atomic E-state index is 12.9. The molecule has 438 valence electrons. The molecule has 0 bridgehead atoms. The van der Waals surface area contributed by atoms with Gasteiger partial charge in [-0.1, -0.05) is 292 Å². The number of unbranched alkanes of at least 4 members (excludes halogenated alkanes) is 34. The van der Waals surface area contributed by atoms with Crippen LogP contribution < -0.4 is 0 Å². The van der Waals surface area contributed by atoms with Crippen LogP contribution in [-0.4, -0.2) is 37.2 Å². The molecule has 1 unspecified atom stereocenters. The van der Waals surface area contributed by atoms with E-state index in [0.717, 1.165) is 128 Å². The van der Waals surface area contributed by atoms with Gasteiger partial charge in [0.25, 0.3) is 0 Å². The molecule has 0 saturated carbocycles. The van der Waals surface area contributed by atoms with E-state index in [1.54, 1.807) is 0 Å². The zero-order valence-corrected chi connectivity index (χ0v) is 50.3. The molecule has 0 aliphatic carbocycles. The van der Waals surface area contributed by atoms with Crippen molar-refractivity contribution < 1.29 is 28.6 Å². The summed E-state index contributed by atoms with van der Waals surface area (Å²) in [6.45, 7) is 6.52. The van der Waals surface area contributed by atoms with Gasteiger partial charge in [-0.05, 0) is 96.3 Å². The van der Waals surface area contributed by atoms with Gasteiger partial charge in [0.15, 0.2) is 6.10 Å². The summed E-state index contributed by atoms with van der Waals surface area (Å²) in [5.74, 6) is -0.904. The third-order valence-corrected chi connectivity index (χ3v) is 14.1. The average molecular weight is 1060 g/mol. The van der Waals surface area contributed by atoms with Crippen molar-refractivity contribution in [3.8, 4) is 0 Å². The van der Waals surface area contributed by atoms with E-state index in [9.17, 15) is 14.4 Å². The van der Waals surface area contributed by atoms with Gasteiger partial charge in [-0.2, -0.15) is 0 Å². The predicted molar refractivity (Wildman–Crippen MR) is 330 cm³/mol. The molecule has 0 N–H and O–H groups in total. The Kier molecular flexibility index (Phi) is 61.2. The quantitative estimate of drug-likeness (QED) is 0.0261. The van der Waals surface area contributed by atoms with Crippen LogP contribution in [0.4, 0.5) is 0 Å². The van der Waals surface area contributed by atoms with Gasteiger partial charge >= 0.3 is 17.9 Å². The Bertz CT molecular complexity index is 1450. The average Bonchev–Trinajstić information content (AvgIpc) is 3.42. The first-order valence-corrected chi connectivity index (χ1v) is 32.6. The van der Waals surface area contributed by atoms with Crippen molar-refractivity contribution in [1.29, 1.82) is 0 Å². The molecule has 0 radical (unpaired) electrons. The zero-order chi connectivity index (χ0) is 55.0. The molecule has 1 atom stereocenters. The molecule has 0 aliphatic rings. The number of carbonyl (C=O) groups is 3. The lowest BCUT2D eigenvalue weighted by Crippen LogP contribution is -2.30. The number of hydrogen-bond donors (Lipinski definition) is 0. The summed E-state index contributed by atoms with van der Waals surface area (Å²) >= 11 is 0. The molecule has 0 fully saturated rings. The van der Waals surface area contributed by atoms with Crippen molar-refractivity contribution in [3.05, 3.63) is 85.1 Å². The van der Waals surface area contributed by atoms with Crippen LogP contribution >= 0.6 is 0 Å². The highest BCUT2D eigenvalue weighted by Gasteiger charge is 2.19. The van der Waals surface area contributed by atoms with Crippen molar-refractivity contribution in [3.63, 3.8) is 0 Å². The van der Waals surface area contributed by atoms with Gasteiger partial charge in [0.2, 0.25) is 0 Å². The SMILES string of the molecule is CC/C=C\C/C=C\C/C=C\C/C=C\C/C=C\CCCCCCCC(=O)OCC(COC(=O)CCCCCCC/C=C\C/C=C\CCCCCC)OC(=O)CCCCCCCCCCCCCCCCCCCCCCC. The van der Waals surface area contributed by atoms with Crippen molar-refractivity contribution >= 4 is 17.9 Å². The van der Waals surface area contributed by atoms with Crippen LogP contribution in [0.25, 0.3) is 0 Å². The molecule has 0 aromatic heterocycles. The molecule has 76 heavy (non-hydrogen) atoms. The van der Waals surface area contributed by atoms with E-state index < -0.39 is 6.10 Å². The summed E-state index contributed by atoms with van der Waals surface area (Å²) in [5, 5.41) is 0. The topological polar surface area (TPSA) is 78.9 Å². The van der Waals surface area contributed by atoms with Crippen molar-refractivity contribution in [2.24, 2.45) is 0 Å². The molecule has 6 heteroatoms. The Morgan fingerprint density at radius 2 is 0.513 bits per heavy atom. The van der Waals surface area contributed by atoms with E-state index in [4.69, 9.17) is 14.2 Å². The number of esters is 3. The molecule has 0 aromatic rings. The Labute approximate surface area is 471 Å². The van der Waals surface area contributed by atoms with Gasteiger partial charge < -0.3 is 14.2 Å². The van der Waals surface area contributed by atoms with Gasteiger partial charge in [0, 0.05) is 19.3 Å². The third-order valence-electron chi connectivity index (χ3n) is 14.1. The van der Waals surface area contributed by atoms with Crippen molar-refractivity contribution in [1.82, 2.24) is 0 Å². The Hall–Kier alpha value is -3.41. The minimum atomic E-state index is -0.791. The molecule has 0 spiro atoms. The number of allylic oxidation sites excluding steroid dienone is 14. The Morgan fingerprint density at radius 1 is 0.276 bits per heavy atom. The van der Waals surface area contributed by atoms with E-state index in [2.05, 4.69) is 106 Å². The minimum absolute atomic E-state index is 0.0879. The summed E-state index contributed by atoms with van der Waals surface area (Å²) in [6, 6.07) is 0. The lowest BCUT2D eigenvalue weighted by molar-refractivity contribution is -0.167. The van der Waals surface area contributed by atoms with Gasteiger partial charge in [-0.3, -0.25) is 14.4 Å². The highest BCUT2D eigenvalue weighted by molar-refractivity contribution is 5.71. The lowest BCUT2D eigenvalue weighted by Gasteiger charge is -2.18. The van der Waals surface area contributed by atoms with Crippen LogP contribution in [0.5, 0.6) is 0 Å². The summed E-state index contributed by atoms with van der Waals surface area (Å²) in [4.78, 5) is 38.4. The monoisotopic (exact) mass is 1060 g/mol. The number of hydrogen-bond acceptors (Lipinski definition) is 6. The second-order valence-electron chi connectivity index (χ2n) is 21.6. The lowest BCUT2D eigenvalue weighted by atomic mass is 10.0. The highest BCUT2D eigenvalue weighted by Crippen LogP contribution is 2.17. The van der Waals surface area contributed by atoms with E-state index in [-0.39, 0.29) is 31.1 Å². The van der Waals surface area contributed by atoms with E-state index >= 15 is 0 Å². The normalized spacial score (nSPS) is 12.6. The molecular formula is C70H122O6. The first-order chi connectivity index (χ1) is 37.5. The third kappa shape index (κ3) is 61.4. The number of ether oxygens (including phenoxy) is 3. The van der Waals surface area contributed by atoms with Gasteiger partial charge in [-0.15, -0.1) is 0 Å². The predicted octanol–water partition coefficient (Wildman–Crippen LogP) is 22.3. The fraction of sp³-hybridized carbons (Fsp3) is 0.757. The smallest absolute Gasteiger partial charge is 0.306 e. The number of carbonyl (C=O) groups excluding carboxylic acids is 3. The summed E-state index contributed by atoms with van der Waals surface area (Å²) in [7, 11) is 0. The van der Waals surface area contributed by atoms with Crippen LogP contribution in [-0.2, 0) is 28.6 Å². The standard InChI is InChI=1S/C70H122O6/c1-4-7-10-13-16-19-22-25-28-31-33-35-37-39-42-45-48-51-54-57-60-63-69(72)75-66-67(65-74-68(71)62-59-56-53-50-47-44-41-30-27-24-21-18-15-12-9-6-3)76-70(73)64-61-58-55-52-49-46-43-40-38-36-34-32-29-26-23-20-17-14-11-8-5-2/h7,10,16,19,21,24-25,28,30,33,35,39,41-42,67H,4-6,8-9,11-15,17-18,20,22-23,26-27,29,31-32,34,36-38,40,43-66H2,1-3H3/b10-7-,19-16-,24-21-,28-25-,35-33-,41-30-,42-39-. The van der Waals surface area contributed by atoms with Crippen LogP contribution in [0.15, 0.2) is 85.1 Å². The largest absolute Gasteiger partial charge is 0.462 e. The maximum atomic E-state index is 12.9. The van der Waals surface area contributed by atoms with Crippen LogP contribution in [0, 0.1) is 0 Å². The molecule has 0 aromatic carbocycles. The Morgan fingerprint density at radius 3 is 0.816 bits per heavy atom. The van der Waals surface area contributed by atoms with Crippen LogP contribution in [0.2, 0.25) is 0 Å². The fourth-order valence-corrected chi connectivity index (χ4v) is 9.27. The van der Waals surface area contributed by atoms with Crippen LogP contribution in [0.1, 0.15) is 323 Å². The second kappa shape index (κ2) is 64.1. The highest BCUT2D eigenvalue weighted by atomic mass is 16.6. The molecule has 0 aliphatic heterocycles. The van der Waals surface area contributed by atoms with Gasteiger partial charge in [0.1, 0.15) is 13.2 Å². The maximum Gasteiger partial charge on any atom is 0.306 e. The van der Waals surface area contributed by atoms with E-state index in [0.29, 0.717) is 19.3 Å². The zero-order valence-electron chi connectivity index (χ0n) is 50.3. The summed E-state index contributed by atoms with van der Waals surface area (Å²) in [5.41, 5.74) is 0. The molecule has 0 heterocycles. The van der Waals surface area contributed by atoms with E-state index in [1.807, 2.05) is 0 Å². The van der Waals surface area contributed by atoms with Crippen molar-refractivity contribution in [2.45, 2.75) is 329 Å². The number of rotatable bonds is 59. The van der Waals surface area contributed by atoms with Crippen LogP contribution in [0.3, 0.4) is 0 Å². The fourth-order valence-electron chi connectivity index (χ4n) is 9.27. The molecule has 6 nitrogen and oxygen atoms in total. The molecule has 0 saturated heterocycles. The summed E-state index contributed by atoms with van der Waals surface area (Å²) < 4.78 is 16.9. The molecular weight excluding hydrogens is 937 g/mol. The minimum Gasteiger partial charge on any atom is -0.462 e. The second-order valence-corrected chi connectivity index (χ2v) is 21.6. The first-order valence-electron chi connectivity index (χ1n) is 32.6. The van der Waals surface area contributed by atoms with E-state index in [1.165, 1.54) is 154 Å². The van der Waals surface area contributed by atoms with Gasteiger partial charge in [0.05, 0.1) is 0 Å². The Balaban J connectivity index is 4.40. The first kappa shape index (κ1) is 72.6. The molecule has 0 rings (SSSR count). The molecule has 0 amide bonds. The summed E-state index contributed by atoms with van der Waals surface area (Å²) in [6.07, 6.45) is 84.4.